The van der Waals surface area contributed by atoms with Gasteiger partial charge in [0.1, 0.15) is 15.6 Å². The molecule has 0 aliphatic heterocycles. The van der Waals surface area contributed by atoms with Crippen LogP contribution in [0.5, 0.6) is 0 Å². The maximum absolute atomic E-state index is 13.3. The quantitative estimate of drug-likeness (QED) is 0.0271. The lowest BCUT2D eigenvalue weighted by Crippen LogP contribution is -2.54. The minimum atomic E-state index is -1.00. The first kappa shape index (κ1) is 80.7. The molecular formula is C89H87Cl2N17O7S3. The zero-order valence-electron chi connectivity index (χ0n) is 65.3. The molecule has 0 saturated heterocycles. The molecule has 19 rings (SSSR count). The zero-order chi connectivity index (χ0) is 81.4. The number of H-pyrrole nitrogens is 4. The fourth-order valence-electron chi connectivity index (χ4n) is 15.1. The molecule has 0 unspecified atom stereocenters. The second-order valence-corrected chi connectivity index (χ2v) is 34.2. The standard InChI is InChI=1S/C25H30ClN5O4.C23H22N4OS.C22H20N4OS.C19H15ClN4OS/c26-19-18(28-23-29-20(30-31(23)21(19)33)17-8-3-1-4-9-17)14-35-25(12-5-2-6-13-25)22(34)27-15-24(16-32)10-7-11-24;1-15-7-5-12-19(21(15)16-10-6-11-16)29-14-18-13-20(28)27-23(24-18)25-22(26-27)17-8-3-2-4-9-17;1-14-6-5-9-18(20(14)15-10-11-15)28-13-17-12-19(27)26-22(23-17)24-21(25-26)16-7-3-2-4-8-16;1-12-6-5-9-14(17(12)20)11-26-15-10-16(25)24-19(21-15)22-18(23-24)13-7-3-2-4-8-13/h1,3-4,8-9,32H,2,5-7,10-16H2,(H,27,34)(H,28,29,30);2-5,7-9,12-13,16H,6,10-11,14H2,1H3,(H,24,25,26);2-9,12,15H,10-11,13H2,1H3,(H,23,24,25);2-10H,11H2,1H3,(H,21,22,23). The normalized spacial score (nSPS) is 14.8. The SMILES string of the molecule is Cc1cccc(CSc2cc(=O)n3[nH]c(-c4ccccc4)nc3n2)c1Cl.Cc1cccc(SCc2cc(=O)n3[nH]c(-c4ccccc4)nc3n2)c1C1CC1.Cc1cccc(SCc2cc(=O)n3[nH]c(-c4ccccc4)nc3n2)c1C1CCC1.O=C(NCC1(CO)CCC1)C1(OCc2nc3nc(-c4ccccc4)[nH]n3c(=O)c2Cl)CCCCC1. The first-order valence-electron chi connectivity index (χ1n) is 39.7. The number of aromatic nitrogens is 16. The van der Waals surface area contributed by atoms with Crippen molar-refractivity contribution in [2.24, 2.45) is 5.41 Å². The second-order valence-electron chi connectivity index (χ2n) is 30.4. The molecule has 29 heteroatoms. The summed E-state index contributed by atoms with van der Waals surface area (Å²) in [5.41, 5.74) is 10.9. The van der Waals surface area contributed by atoms with Gasteiger partial charge in [-0.25, -0.2) is 19.9 Å². The van der Waals surface area contributed by atoms with Crippen LogP contribution in [0, 0.1) is 26.2 Å². The molecule has 0 bridgehead atoms. The average Bonchev–Trinajstić information content (AvgIpc) is 1.56. The number of carbonyl (C=O) groups excluding carboxylic acids is 1. The van der Waals surface area contributed by atoms with Crippen LogP contribution in [0.15, 0.2) is 228 Å². The molecular weight excluding hydrogens is 1590 g/mol. The van der Waals surface area contributed by atoms with Gasteiger partial charge in [0.2, 0.25) is 0 Å². The summed E-state index contributed by atoms with van der Waals surface area (Å²) in [7, 11) is 0. The lowest BCUT2D eigenvalue weighted by Gasteiger charge is -2.42. The van der Waals surface area contributed by atoms with Crippen LogP contribution >= 0.6 is 58.5 Å². The monoisotopic (exact) mass is 1670 g/mol. The fourth-order valence-corrected chi connectivity index (χ4v) is 18.6. The summed E-state index contributed by atoms with van der Waals surface area (Å²) in [5, 5.41) is 26.1. The Morgan fingerprint density at radius 2 is 0.907 bits per heavy atom. The summed E-state index contributed by atoms with van der Waals surface area (Å²) in [6, 6.07) is 62.2. The molecule has 4 saturated carbocycles. The molecule has 602 valence electrons. The van der Waals surface area contributed by atoms with Crippen LogP contribution in [-0.2, 0) is 33.4 Å². The van der Waals surface area contributed by atoms with Gasteiger partial charge in [-0.2, -0.15) is 38.0 Å². The summed E-state index contributed by atoms with van der Waals surface area (Å²) in [4.78, 5) is 102. The van der Waals surface area contributed by atoms with Crippen LogP contribution in [0.4, 0.5) is 0 Å². The Morgan fingerprint density at radius 3 is 1.36 bits per heavy atom. The number of aryl methyl sites for hydroxylation is 3. The number of ether oxygens (including phenoxy) is 1. The maximum atomic E-state index is 13.3. The van der Waals surface area contributed by atoms with E-state index in [2.05, 4.69) is 116 Å². The van der Waals surface area contributed by atoms with Gasteiger partial charge in [0.25, 0.3) is 51.3 Å². The number of hydrogen-bond donors (Lipinski definition) is 6. The molecule has 4 fully saturated rings. The summed E-state index contributed by atoms with van der Waals surface area (Å²) in [6.45, 7) is 6.79. The van der Waals surface area contributed by atoms with Gasteiger partial charge < -0.3 is 15.2 Å². The molecule has 7 aromatic carbocycles. The predicted molar refractivity (Wildman–Crippen MR) is 464 cm³/mol. The van der Waals surface area contributed by atoms with Crippen molar-refractivity contribution in [3.63, 3.8) is 0 Å². The highest BCUT2D eigenvalue weighted by Crippen LogP contribution is 2.47. The molecule has 1 amide bonds. The van der Waals surface area contributed by atoms with Crippen LogP contribution in [-0.4, -0.2) is 108 Å². The topological polar surface area (TPSA) is 311 Å². The highest BCUT2D eigenvalue weighted by Gasteiger charge is 2.44. The van der Waals surface area contributed by atoms with Gasteiger partial charge >= 0.3 is 0 Å². The molecule has 118 heavy (non-hydrogen) atoms. The molecule has 4 aliphatic carbocycles. The van der Waals surface area contributed by atoms with Crippen LogP contribution in [0.2, 0.25) is 10.0 Å². The van der Waals surface area contributed by atoms with E-state index in [0.29, 0.717) is 94.1 Å². The van der Waals surface area contributed by atoms with E-state index in [4.69, 9.17) is 27.9 Å². The molecule has 15 aromatic rings. The van der Waals surface area contributed by atoms with Crippen LogP contribution in [0.25, 0.3) is 68.7 Å². The van der Waals surface area contributed by atoms with Crippen molar-refractivity contribution in [2.75, 3.05) is 13.2 Å². The van der Waals surface area contributed by atoms with Crippen molar-refractivity contribution in [3.05, 3.63) is 296 Å². The largest absolute Gasteiger partial charge is 0.396 e. The predicted octanol–water partition coefficient (Wildman–Crippen LogP) is 17.1. The van der Waals surface area contributed by atoms with E-state index in [9.17, 15) is 29.1 Å². The third-order valence-corrected chi connectivity index (χ3v) is 26.3. The molecule has 0 spiro atoms. The number of fused-ring (bicyclic) bond motifs is 4. The first-order valence-corrected chi connectivity index (χ1v) is 43.4. The fraction of sp³-hybridized carbons (Fsp3) is 0.292. The Bertz CT molecular complexity index is 6370. The minimum absolute atomic E-state index is 0.0640. The van der Waals surface area contributed by atoms with Crippen molar-refractivity contribution in [2.45, 2.75) is 160 Å². The molecule has 0 radical (unpaired) electrons. The maximum Gasteiger partial charge on any atom is 0.293 e. The molecule has 0 atom stereocenters. The van der Waals surface area contributed by atoms with Crippen molar-refractivity contribution >= 4 is 87.5 Å². The Labute approximate surface area is 701 Å². The summed E-state index contributed by atoms with van der Waals surface area (Å²) < 4.78 is 11.6. The molecule has 4 aliphatic rings. The minimum Gasteiger partial charge on any atom is -0.396 e. The van der Waals surface area contributed by atoms with Crippen LogP contribution in [0.1, 0.15) is 146 Å². The van der Waals surface area contributed by atoms with Gasteiger partial charge in [0, 0.05) is 84.5 Å². The second kappa shape index (κ2) is 36.0. The number of carbonyl (C=O) groups is 1. The number of halogens is 2. The number of amides is 1. The highest BCUT2D eigenvalue weighted by atomic mass is 35.5. The van der Waals surface area contributed by atoms with Crippen molar-refractivity contribution < 1.29 is 14.6 Å². The van der Waals surface area contributed by atoms with Gasteiger partial charge in [-0.05, 0) is 129 Å². The number of benzene rings is 7. The van der Waals surface area contributed by atoms with Crippen molar-refractivity contribution in [3.8, 4) is 45.6 Å². The smallest absolute Gasteiger partial charge is 0.293 e. The number of nitrogens with zero attached hydrogens (tertiary/aromatic N) is 12. The van der Waals surface area contributed by atoms with E-state index in [1.807, 2.05) is 146 Å². The number of nitrogens with one attached hydrogen (secondary N) is 5. The number of aromatic amines is 4. The van der Waals surface area contributed by atoms with Crippen LogP contribution < -0.4 is 27.6 Å². The highest BCUT2D eigenvalue weighted by molar-refractivity contribution is 7.99. The molecule has 24 nitrogen and oxygen atoms in total. The summed E-state index contributed by atoms with van der Waals surface area (Å²) in [6.07, 6.45) is 13.3. The van der Waals surface area contributed by atoms with Crippen molar-refractivity contribution in [1.82, 2.24) is 83.6 Å². The Balaban J connectivity index is 0.000000118. The number of rotatable bonds is 22. The van der Waals surface area contributed by atoms with E-state index in [1.54, 1.807) is 35.7 Å². The third-order valence-electron chi connectivity index (χ3n) is 22.2. The van der Waals surface area contributed by atoms with Crippen molar-refractivity contribution in [1.29, 1.82) is 0 Å². The Hall–Kier alpha value is -11.0. The Kier molecular flexibility index (Phi) is 24.7. The van der Waals surface area contributed by atoms with E-state index in [-0.39, 0.29) is 57.7 Å². The van der Waals surface area contributed by atoms with E-state index in [0.717, 1.165) is 88.3 Å². The lowest BCUT2D eigenvalue weighted by molar-refractivity contribution is -0.155. The number of aliphatic hydroxyl groups is 1. The average molecular weight is 1670 g/mol. The van der Waals surface area contributed by atoms with Gasteiger partial charge in [-0.1, -0.05) is 219 Å². The Morgan fingerprint density at radius 1 is 0.466 bits per heavy atom. The van der Waals surface area contributed by atoms with Gasteiger partial charge in [0.15, 0.2) is 23.3 Å². The first-order chi connectivity index (χ1) is 57.4. The summed E-state index contributed by atoms with van der Waals surface area (Å²) >= 11 is 17.7. The number of hydrogen-bond acceptors (Lipinski definition) is 18. The van der Waals surface area contributed by atoms with Gasteiger partial charge in [0.05, 0.1) is 30.3 Å². The molecule has 6 N–H and O–H groups in total. The number of thioether (sulfide) groups is 3. The van der Waals surface area contributed by atoms with Gasteiger partial charge in [-0.15, -0.1) is 35.3 Å². The van der Waals surface area contributed by atoms with E-state index in [1.165, 1.54) is 100 Å². The zero-order valence-corrected chi connectivity index (χ0v) is 69.3. The third kappa shape index (κ3) is 18.2. The van der Waals surface area contributed by atoms with E-state index < -0.39 is 11.2 Å². The molecule has 8 heterocycles. The number of aliphatic hydroxyl groups excluding tert-OH is 1. The van der Waals surface area contributed by atoms with E-state index >= 15 is 0 Å². The summed E-state index contributed by atoms with van der Waals surface area (Å²) in [5.74, 6) is 6.92. The lowest BCUT2D eigenvalue weighted by atomic mass is 9.69. The molecule has 8 aromatic heterocycles. The van der Waals surface area contributed by atoms with Gasteiger partial charge in [-0.3, -0.25) is 44.4 Å². The van der Waals surface area contributed by atoms with Crippen LogP contribution in [0.3, 0.4) is 0 Å².